The van der Waals surface area contributed by atoms with Gasteiger partial charge in [-0.15, -0.1) is 12.4 Å². The second-order valence-electron chi connectivity index (χ2n) is 8.17. The van der Waals surface area contributed by atoms with E-state index in [0.29, 0.717) is 30.1 Å². The summed E-state index contributed by atoms with van der Waals surface area (Å²) in [7, 11) is 0. The molecule has 4 N–H and O–H groups in total. The van der Waals surface area contributed by atoms with E-state index in [4.69, 9.17) is 5.73 Å². The SMILES string of the molecule is CC(C)(C)CNC(=O)c1ccc(C(=O)NC(C)(CN)C2CC2)cc1.Cl. The minimum atomic E-state index is -0.347. The molecule has 1 aromatic carbocycles. The van der Waals surface area contributed by atoms with Crippen molar-refractivity contribution in [2.75, 3.05) is 13.1 Å². The average molecular weight is 368 g/mol. The summed E-state index contributed by atoms with van der Waals surface area (Å²) in [5, 5.41) is 5.95. The number of benzene rings is 1. The fraction of sp³-hybridized carbons (Fsp3) is 0.579. The van der Waals surface area contributed by atoms with E-state index in [1.165, 1.54) is 0 Å². The van der Waals surface area contributed by atoms with E-state index in [9.17, 15) is 9.59 Å². The maximum absolute atomic E-state index is 12.4. The third-order valence-corrected chi connectivity index (χ3v) is 4.49. The van der Waals surface area contributed by atoms with Gasteiger partial charge in [-0.05, 0) is 55.4 Å². The minimum absolute atomic E-state index is 0. The van der Waals surface area contributed by atoms with Gasteiger partial charge in [0, 0.05) is 24.2 Å². The maximum Gasteiger partial charge on any atom is 0.251 e. The lowest BCUT2D eigenvalue weighted by molar-refractivity contribution is 0.0894. The summed E-state index contributed by atoms with van der Waals surface area (Å²) in [6.07, 6.45) is 2.22. The van der Waals surface area contributed by atoms with Crippen molar-refractivity contribution in [3.63, 3.8) is 0 Å². The Kier molecular flexibility index (Phi) is 7.03. The van der Waals surface area contributed by atoms with Gasteiger partial charge in [0.05, 0.1) is 5.54 Å². The first-order valence-electron chi connectivity index (χ1n) is 8.55. The van der Waals surface area contributed by atoms with Gasteiger partial charge in [-0.1, -0.05) is 20.8 Å². The fourth-order valence-corrected chi connectivity index (χ4v) is 2.59. The summed E-state index contributed by atoms with van der Waals surface area (Å²) in [4.78, 5) is 24.5. The summed E-state index contributed by atoms with van der Waals surface area (Å²) in [5.74, 6) is 0.201. The van der Waals surface area contributed by atoms with E-state index in [2.05, 4.69) is 31.4 Å². The van der Waals surface area contributed by atoms with Crippen molar-refractivity contribution in [2.45, 2.75) is 46.1 Å². The third kappa shape index (κ3) is 6.01. The molecule has 140 valence electrons. The Balaban J connectivity index is 0.00000312. The lowest BCUT2D eigenvalue weighted by Gasteiger charge is -2.29. The van der Waals surface area contributed by atoms with Crippen LogP contribution in [0.1, 0.15) is 61.3 Å². The Hall–Kier alpha value is -1.59. The number of carbonyl (C=O) groups is 2. The van der Waals surface area contributed by atoms with Crippen molar-refractivity contribution >= 4 is 24.2 Å². The van der Waals surface area contributed by atoms with E-state index in [1.807, 2.05) is 6.92 Å². The molecule has 1 fully saturated rings. The number of nitrogens with one attached hydrogen (secondary N) is 2. The number of nitrogens with two attached hydrogens (primary N) is 1. The molecule has 1 unspecified atom stereocenters. The zero-order chi connectivity index (χ0) is 18.0. The number of halogens is 1. The fourth-order valence-electron chi connectivity index (χ4n) is 2.59. The van der Waals surface area contributed by atoms with Crippen molar-refractivity contribution in [3.8, 4) is 0 Å². The van der Waals surface area contributed by atoms with Gasteiger partial charge < -0.3 is 16.4 Å². The van der Waals surface area contributed by atoms with E-state index in [0.717, 1.165) is 12.8 Å². The zero-order valence-electron chi connectivity index (χ0n) is 15.5. The molecular weight excluding hydrogens is 338 g/mol. The van der Waals surface area contributed by atoms with Crippen LogP contribution in [0.5, 0.6) is 0 Å². The molecule has 0 spiro atoms. The van der Waals surface area contributed by atoms with E-state index in [1.54, 1.807) is 24.3 Å². The Morgan fingerprint density at radius 2 is 1.52 bits per heavy atom. The number of rotatable bonds is 6. The predicted molar refractivity (Wildman–Crippen MR) is 103 cm³/mol. The van der Waals surface area contributed by atoms with Crippen molar-refractivity contribution < 1.29 is 9.59 Å². The predicted octanol–water partition coefficient (Wildman–Crippen LogP) is 2.74. The smallest absolute Gasteiger partial charge is 0.251 e. The Morgan fingerprint density at radius 3 is 1.92 bits per heavy atom. The van der Waals surface area contributed by atoms with Crippen LogP contribution >= 0.6 is 12.4 Å². The quantitative estimate of drug-likeness (QED) is 0.722. The molecule has 1 atom stereocenters. The first-order chi connectivity index (χ1) is 11.1. The molecule has 0 bridgehead atoms. The molecule has 6 heteroatoms. The molecule has 0 aliphatic heterocycles. The summed E-state index contributed by atoms with van der Waals surface area (Å²) < 4.78 is 0. The van der Waals surface area contributed by atoms with Crippen molar-refractivity contribution in [2.24, 2.45) is 17.1 Å². The lowest BCUT2D eigenvalue weighted by atomic mass is 9.95. The van der Waals surface area contributed by atoms with Crippen LogP contribution in [0.2, 0.25) is 0 Å². The first-order valence-corrected chi connectivity index (χ1v) is 8.55. The number of hydrogen-bond acceptors (Lipinski definition) is 3. The summed E-state index contributed by atoms with van der Waals surface area (Å²) in [6.45, 7) is 9.22. The normalized spacial score (nSPS) is 16.4. The molecule has 0 saturated heterocycles. The first kappa shape index (κ1) is 21.5. The van der Waals surface area contributed by atoms with Crippen LogP contribution < -0.4 is 16.4 Å². The zero-order valence-corrected chi connectivity index (χ0v) is 16.3. The molecule has 0 radical (unpaired) electrons. The molecule has 2 amide bonds. The van der Waals surface area contributed by atoms with Gasteiger partial charge >= 0.3 is 0 Å². The van der Waals surface area contributed by atoms with Gasteiger partial charge in [-0.3, -0.25) is 9.59 Å². The van der Waals surface area contributed by atoms with Gasteiger partial charge in [-0.2, -0.15) is 0 Å². The van der Waals surface area contributed by atoms with Gasteiger partial charge in [-0.25, -0.2) is 0 Å². The molecule has 2 rings (SSSR count). The molecule has 0 heterocycles. The monoisotopic (exact) mass is 367 g/mol. The highest BCUT2D eigenvalue weighted by molar-refractivity contribution is 5.98. The molecule has 0 aromatic heterocycles. The Bertz CT molecular complexity index is 606. The molecule has 1 saturated carbocycles. The van der Waals surface area contributed by atoms with E-state index < -0.39 is 0 Å². The molecule has 25 heavy (non-hydrogen) atoms. The number of carbonyl (C=O) groups excluding carboxylic acids is 2. The molecule has 5 nitrogen and oxygen atoms in total. The van der Waals surface area contributed by atoms with E-state index in [-0.39, 0.29) is 35.2 Å². The lowest BCUT2D eigenvalue weighted by Crippen LogP contribution is -2.53. The van der Waals surface area contributed by atoms with Gasteiger partial charge in [0.25, 0.3) is 11.8 Å². The van der Waals surface area contributed by atoms with Gasteiger partial charge in [0.1, 0.15) is 0 Å². The number of hydrogen-bond donors (Lipinski definition) is 3. The molecule has 1 aliphatic carbocycles. The van der Waals surface area contributed by atoms with Crippen molar-refractivity contribution in [1.82, 2.24) is 10.6 Å². The largest absolute Gasteiger partial charge is 0.352 e. The maximum atomic E-state index is 12.4. The summed E-state index contributed by atoms with van der Waals surface area (Å²) in [5.41, 5.74) is 6.62. The number of amides is 2. The van der Waals surface area contributed by atoms with Gasteiger partial charge in [0.15, 0.2) is 0 Å². The third-order valence-electron chi connectivity index (χ3n) is 4.49. The second-order valence-corrected chi connectivity index (χ2v) is 8.17. The molecule has 1 aromatic rings. The minimum Gasteiger partial charge on any atom is -0.352 e. The van der Waals surface area contributed by atoms with Crippen LogP contribution in [0.15, 0.2) is 24.3 Å². The van der Waals surface area contributed by atoms with Crippen LogP contribution in [0.3, 0.4) is 0 Å². The van der Waals surface area contributed by atoms with Crippen LogP contribution in [-0.2, 0) is 0 Å². The van der Waals surface area contributed by atoms with Gasteiger partial charge in [0.2, 0.25) is 0 Å². The highest BCUT2D eigenvalue weighted by Crippen LogP contribution is 2.39. The van der Waals surface area contributed by atoms with Crippen LogP contribution in [0.4, 0.5) is 0 Å². The van der Waals surface area contributed by atoms with Crippen molar-refractivity contribution in [3.05, 3.63) is 35.4 Å². The molecule has 1 aliphatic rings. The summed E-state index contributed by atoms with van der Waals surface area (Å²) >= 11 is 0. The standard InChI is InChI=1S/C19H29N3O2.ClH/c1-18(2,3)12-21-16(23)13-5-7-14(8-6-13)17(24)22-19(4,11-20)15-9-10-15;/h5-8,15H,9-12,20H2,1-4H3,(H,21,23)(H,22,24);1H. The summed E-state index contributed by atoms with van der Waals surface area (Å²) in [6, 6.07) is 6.74. The highest BCUT2D eigenvalue weighted by Gasteiger charge is 2.41. The van der Waals surface area contributed by atoms with Crippen LogP contribution in [0, 0.1) is 11.3 Å². The van der Waals surface area contributed by atoms with Crippen LogP contribution in [-0.4, -0.2) is 30.4 Å². The highest BCUT2D eigenvalue weighted by atomic mass is 35.5. The second kappa shape index (κ2) is 8.19. The van der Waals surface area contributed by atoms with E-state index >= 15 is 0 Å². The topological polar surface area (TPSA) is 84.2 Å². The molecular formula is C19H30ClN3O2. The van der Waals surface area contributed by atoms with Crippen LogP contribution in [0.25, 0.3) is 0 Å². The Labute approximate surface area is 156 Å². The Morgan fingerprint density at radius 1 is 1.04 bits per heavy atom. The average Bonchev–Trinajstić information content (AvgIpc) is 3.37. The van der Waals surface area contributed by atoms with Crippen molar-refractivity contribution in [1.29, 1.82) is 0 Å².